The summed E-state index contributed by atoms with van der Waals surface area (Å²) in [6.07, 6.45) is 5.08. The molecule has 36 heavy (non-hydrogen) atoms. The lowest BCUT2D eigenvalue weighted by molar-refractivity contribution is -0.141. The molecule has 1 fully saturated rings. The first-order valence-electron chi connectivity index (χ1n) is 13.1. The van der Waals surface area contributed by atoms with Crippen LogP contribution in [-0.4, -0.2) is 28.8 Å². The highest BCUT2D eigenvalue weighted by Crippen LogP contribution is 2.21. The Bertz CT molecular complexity index is 1160. The van der Waals surface area contributed by atoms with Crippen molar-refractivity contribution in [2.45, 2.75) is 77.9 Å². The summed E-state index contributed by atoms with van der Waals surface area (Å²) in [7, 11) is 0. The molecule has 188 valence electrons. The molecule has 4 rings (SSSR count). The standard InChI is InChI=1S/C32H38N2O2/c1-23-14-17-27(18-15-23)22-34(31(35)21-28-19-24(2)13-16-25(28)3)30(20-26-9-5-4-6-10-26)32(36)33-29-11-7-8-12-29/h4-6,9-10,13-19,29-30H,7-8,11-12,20-22H2,1-3H3,(H,33,36)/t30-/m0/s1. The Morgan fingerprint density at radius 1 is 0.861 bits per heavy atom. The third kappa shape index (κ3) is 6.84. The average molecular weight is 483 g/mol. The Balaban J connectivity index is 1.67. The van der Waals surface area contributed by atoms with E-state index in [2.05, 4.69) is 54.7 Å². The van der Waals surface area contributed by atoms with Gasteiger partial charge in [-0.1, -0.05) is 96.8 Å². The largest absolute Gasteiger partial charge is 0.352 e. The lowest BCUT2D eigenvalue weighted by Crippen LogP contribution is -2.52. The van der Waals surface area contributed by atoms with Gasteiger partial charge in [0.2, 0.25) is 11.8 Å². The van der Waals surface area contributed by atoms with Gasteiger partial charge in [0, 0.05) is 19.0 Å². The Kier molecular flexibility index (Phi) is 8.58. The van der Waals surface area contributed by atoms with E-state index in [1.165, 1.54) is 5.56 Å². The summed E-state index contributed by atoms with van der Waals surface area (Å²) < 4.78 is 0. The van der Waals surface area contributed by atoms with Crippen LogP contribution in [0.15, 0.2) is 72.8 Å². The van der Waals surface area contributed by atoms with Crippen molar-refractivity contribution in [3.8, 4) is 0 Å². The minimum absolute atomic E-state index is 0.0215. The number of rotatable bonds is 9. The maximum absolute atomic E-state index is 14.0. The number of amides is 2. The van der Waals surface area contributed by atoms with Crippen LogP contribution in [0.25, 0.3) is 0 Å². The molecule has 0 saturated heterocycles. The van der Waals surface area contributed by atoms with E-state index in [9.17, 15) is 9.59 Å². The van der Waals surface area contributed by atoms with Crippen molar-refractivity contribution in [3.63, 3.8) is 0 Å². The van der Waals surface area contributed by atoms with E-state index in [-0.39, 0.29) is 24.3 Å². The molecule has 0 spiro atoms. The van der Waals surface area contributed by atoms with Gasteiger partial charge < -0.3 is 10.2 Å². The summed E-state index contributed by atoms with van der Waals surface area (Å²) in [5.41, 5.74) is 6.50. The highest BCUT2D eigenvalue weighted by Gasteiger charge is 2.32. The second kappa shape index (κ2) is 12.0. The van der Waals surface area contributed by atoms with Crippen LogP contribution in [0.5, 0.6) is 0 Å². The summed E-state index contributed by atoms with van der Waals surface area (Å²) in [4.78, 5) is 29.5. The fourth-order valence-corrected chi connectivity index (χ4v) is 5.07. The zero-order valence-corrected chi connectivity index (χ0v) is 21.8. The van der Waals surface area contributed by atoms with Gasteiger partial charge in [0.15, 0.2) is 0 Å². The zero-order valence-electron chi connectivity index (χ0n) is 21.8. The number of nitrogens with one attached hydrogen (secondary N) is 1. The Morgan fingerprint density at radius 3 is 2.22 bits per heavy atom. The number of hydrogen-bond acceptors (Lipinski definition) is 2. The maximum atomic E-state index is 14.0. The van der Waals surface area contributed by atoms with Crippen molar-refractivity contribution < 1.29 is 9.59 Å². The Labute approximate surface area is 215 Å². The Morgan fingerprint density at radius 2 is 1.53 bits per heavy atom. The molecular formula is C32H38N2O2. The lowest BCUT2D eigenvalue weighted by atomic mass is 9.99. The van der Waals surface area contributed by atoms with Crippen LogP contribution in [-0.2, 0) is 29.0 Å². The molecule has 1 saturated carbocycles. The first kappa shape index (κ1) is 25.7. The minimum Gasteiger partial charge on any atom is -0.352 e. The minimum atomic E-state index is -0.577. The molecule has 0 radical (unpaired) electrons. The average Bonchev–Trinajstić information content (AvgIpc) is 3.38. The SMILES string of the molecule is Cc1ccc(CN(C(=O)Cc2cc(C)ccc2C)[C@@H](Cc2ccccc2)C(=O)NC2CCCC2)cc1. The number of hydrogen-bond donors (Lipinski definition) is 1. The van der Waals surface area contributed by atoms with Crippen molar-refractivity contribution in [2.75, 3.05) is 0 Å². The van der Waals surface area contributed by atoms with Crippen LogP contribution < -0.4 is 5.32 Å². The fourth-order valence-electron chi connectivity index (χ4n) is 5.07. The number of nitrogens with zero attached hydrogens (tertiary/aromatic N) is 1. The van der Waals surface area contributed by atoms with Crippen LogP contribution >= 0.6 is 0 Å². The van der Waals surface area contributed by atoms with Gasteiger partial charge in [-0.3, -0.25) is 9.59 Å². The molecular weight excluding hydrogens is 444 g/mol. The van der Waals surface area contributed by atoms with E-state index in [0.717, 1.165) is 53.5 Å². The molecule has 0 aliphatic heterocycles. The smallest absolute Gasteiger partial charge is 0.243 e. The molecule has 1 aliphatic rings. The van der Waals surface area contributed by atoms with E-state index >= 15 is 0 Å². The molecule has 4 heteroatoms. The second-order valence-electron chi connectivity index (χ2n) is 10.3. The third-order valence-electron chi connectivity index (χ3n) is 7.29. The lowest BCUT2D eigenvalue weighted by Gasteiger charge is -2.32. The number of aryl methyl sites for hydroxylation is 3. The van der Waals surface area contributed by atoms with Crippen molar-refractivity contribution in [1.29, 1.82) is 0 Å². The number of carbonyl (C=O) groups is 2. The molecule has 0 aromatic heterocycles. The van der Waals surface area contributed by atoms with E-state index in [0.29, 0.717) is 13.0 Å². The van der Waals surface area contributed by atoms with Crippen LogP contribution in [0.1, 0.15) is 59.1 Å². The van der Waals surface area contributed by atoms with Crippen LogP contribution in [0.3, 0.4) is 0 Å². The van der Waals surface area contributed by atoms with E-state index in [1.54, 1.807) is 0 Å². The summed E-state index contributed by atoms with van der Waals surface area (Å²) in [5, 5.41) is 3.28. The zero-order chi connectivity index (χ0) is 25.5. The van der Waals surface area contributed by atoms with Gasteiger partial charge in [-0.15, -0.1) is 0 Å². The molecule has 0 heterocycles. The van der Waals surface area contributed by atoms with E-state index in [4.69, 9.17) is 0 Å². The van der Waals surface area contributed by atoms with E-state index < -0.39 is 6.04 Å². The summed E-state index contributed by atoms with van der Waals surface area (Å²) in [6, 6.07) is 24.1. The third-order valence-corrected chi connectivity index (χ3v) is 7.29. The predicted molar refractivity (Wildman–Crippen MR) is 146 cm³/mol. The van der Waals surface area contributed by atoms with Crippen LogP contribution in [0.4, 0.5) is 0 Å². The molecule has 3 aromatic rings. The predicted octanol–water partition coefficient (Wildman–Crippen LogP) is 5.85. The number of carbonyl (C=O) groups excluding carboxylic acids is 2. The monoisotopic (exact) mass is 482 g/mol. The van der Waals surface area contributed by atoms with Gasteiger partial charge in [0.1, 0.15) is 6.04 Å². The molecule has 1 atom stereocenters. The van der Waals surface area contributed by atoms with Crippen molar-refractivity contribution in [2.24, 2.45) is 0 Å². The first-order valence-corrected chi connectivity index (χ1v) is 13.1. The molecule has 2 amide bonds. The summed E-state index contributed by atoms with van der Waals surface area (Å²) in [6.45, 7) is 6.55. The molecule has 0 unspecified atom stereocenters. The van der Waals surface area contributed by atoms with Gasteiger partial charge in [-0.25, -0.2) is 0 Å². The van der Waals surface area contributed by atoms with Crippen LogP contribution in [0.2, 0.25) is 0 Å². The fraction of sp³-hybridized carbons (Fsp3) is 0.375. The van der Waals surface area contributed by atoms with Crippen molar-refractivity contribution in [1.82, 2.24) is 10.2 Å². The van der Waals surface area contributed by atoms with Gasteiger partial charge >= 0.3 is 0 Å². The van der Waals surface area contributed by atoms with Crippen LogP contribution in [0, 0.1) is 20.8 Å². The van der Waals surface area contributed by atoms with Gasteiger partial charge in [0.05, 0.1) is 6.42 Å². The molecule has 4 nitrogen and oxygen atoms in total. The normalized spacial score (nSPS) is 14.4. The van der Waals surface area contributed by atoms with Crippen molar-refractivity contribution in [3.05, 3.63) is 106 Å². The van der Waals surface area contributed by atoms with E-state index in [1.807, 2.05) is 49.1 Å². The maximum Gasteiger partial charge on any atom is 0.243 e. The Hall–Kier alpha value is -3.40. The summed E-state index contributed by atoms with van der Waals surface area (Å²) >= 11 is 0. The highest BCUT2D eigenvalue weighted by atomic mass is 16.2. The molecule has 0 bridgehead atoms. The second-order valence-corrected chi connectivity index (χ2v) is 10.3. The summed E-state index contributed by atoms with van der Waals surface area (Å²) in [5.74, 6) is -0.0704. The molecule has 1 aliphatic carbocycles. The molecule has 1 N–H and O–H groups in total. The highest BCUT2D eigenvalue weighted by molar-refractivity contribution is 5.89. The number of benzene rings is 3. The van der Waals surface area contributed by atoms with Gasteiger partial charge in [-0.05, 0) is 55.9 Å². The van der Waals surface area contributed by atoms with Gasteiger partial charge in [-0.2, -0.15) is 0 Å². The molecule has 3 aromatic carbocycles. The quantitative estimate of drug-likeness (QED) is 0.416. The first-order chi connectivity index (χ1) is 17.4. The van der Waals surface area contributed by atoms with Gasteiger partial charge in [0.25, 0.3) is 0 Å². The topological polar surface area (TPSA) is 49.4 Å². The van der Waals surface area contributed by atoms with Crippen molar-refractivity contribution >= 4 is 11.8 Å².